The van der Waals surface area contributed by atoms with Gasteiger partial charge in [0.15, 0.2) is 0 Å². The van der Waals surface area contributed by atoms with E-state index in [1.165, 1.54) is 0 Å². The van der Waals surface area contributed by atoms with Crippen LogP contribution >= 0.6 is 24.0 Å². The quantitative estimate of drug-likeness (QED) is 0.765. The van der Waals surface area contributed by atoms with Crippen LogP contribution in [0.15, 0.2) is 48.5 Å². The molecule has 0 spiro atoms. The van der Waals surface area contributed by atoms with Gasteiger partial charge in [0.05, 0.1) is 6.61 Å². The average Bonchev–Trinajstić information content (AvgIpc) is 2.48. The highest BCUT2D eigenvalue weighted by atomic mass is 35.5. The van der Waals surface area contributed by atoms with Gasteiger partial charge in [0, 0.05) is 23.7 Å². The zero-order valence-electron chi connectivity index (χ0n) is 11.6. The molecule has 0 unspecified atom stereocenters. The number of hydrogen-bond acceptors (Lipinski definition) is 3. The smallest absolute Gasteiger partial charge is 0.124 e. The number of halogens is 2. The highest BCUT2D eigenvalue weighted by molar-refractivity contribution is 6.30. The summed E-state index contributed by atoms with van der Waals surface area (Å²) >= 11 is 5.86. The summed E-state index contributed by atoms with van der Waals surface area (Å²) in [6.45, 7) is 1.89. The molecule has 0 amide bonds. The summed E-state index contributed by atoms with van der Waals surface area (Å²) in [5.41, 5.74) is 2.16. The summed E-state index contributed by atoms with van der Waals surface area (Å²) in [5, 5.41) is 12.7. The fourth-order valence-electron chi connectivity index (χ4n) is 1.83. The van der Waals surface area contributed by atoms with Gasteiger partial charge in [-0.3, -0.25) is 0 Å². The molecule has 5 heteroatoms. The van der Waals surface area contributed by atoms with E-state index in [1.807, 2.05) is 48.5 Å². The van der Waals surface area contributed by atoms with Gasteiger partial charge in [0.25, 0.3) is 0 Å². The molecule has 3 nitrogen and oxygen atoms in total. The molecule has 2 rings (SSSR count). The standard InChI is InChI=1S/C16H18ClNO2.ClH/c17-15-7-5-13(6-8-15)12-20-16-4-2-1-3-14(16)11-18-9-10-19;/h1-8,18-19H,9-12H2;1H. The van der Waals surface area contributed by atoms with Crippen LogP contribution in [0.5, 0.6) is 5.75 Å². The van der Waals surface area contributed by atoms with Gasteiger partial charge in [-0.05, 0) is 23.8 Å². The van der Waals surface area contributed by atoms with Crippen LogP contribution in [-0.4, -0.2) is 18.3 Å². The monoisotopic (exact) mass is 327 g/mol. The Morgan fingerprint density at radius 1 is 1.05 bits per heavy atom. The van der Waals surface area contributed by atoms with Crippen molar-refractivity contribution in [1.29, 1.82) is 0 Å². The zero-order valence-corrected chi connectivity index (χ0v) is 13.2. The molecule has 2 aromatic rings. The third-order valence-electron chi connectivity index (χ3n) is 2.88. The van der Waals surface area contributed by atoms with Crippen LogP contribution in [0, 0.1) is 0 Å². The minimum atomic E-state index is 0. The molecular formula is C16H19Cl2NO2. The first-order valence-corrected chi connectivity index (χ1v) is 6.94. The van der Waals surface area contributed by atoms with Gasteiger partial charge >= 0.3 is 0 Å². The lowest BCUT2D eigenvalue weighted by atomic mass is 10.2. The van der Waals surface area contributed by atoms with E-state index in [4.69, 9.17) is 21.4 Å². The Labute approximate surface area is 136 Å². The van der Waals surface area contributed by atoms with Gasteiger partial charge in [0.1, 0.15) is 12.4 Å². The highest BCUT2D eigenvalue weighted by Gasteiger charge is 2.03. The summed E-state index contributed by atoms with van der Waals surface area (Å²) in [5.74, 6) is 0.855. The van der Waals surface area contributed by atoms with Crippen LogP contribution in [0.25, 0.3) is 0 Å². The van der Waals surface area contributed by atoms with Crippen molar-refractivity contribution >= 4 is 24.0 Å². The maximum absolute atomic E-state index is 8.78. The summed E-state index contributed by atoms with van der Waals surface area (Å²) in [7, 11) is 0. The van der Waals surface area contributed by atoms with Crippen molar-refractivity contribution in [3.63, 3.8) is 0 Å². The second-order valence-electron chi connectivity index (χ2n) is 4.42. The van der Waals surface area contributed by atoms with Gasteiger partial charge in [-0.15, -0.1) is 12.4 Å². The zero-order chi connectivity index (χ0) is 14.2. The van der Waals surface area contributed by atoms with E-state index in [9.17, 15) is 0 Å². The van der Waals surface area contributed by atoms with E-state index in [0.717, 1.165) is 21.9 Å². The molecular weight excluding hydrogens is 309 g/mol. The minimum Gasteiger partial charge on any atom is -0.489 e. The van der Waals surface area contributed by atoms with E-state index >= 15 is 0 Å². The third-order valence-corrected chi connectivity index (χ3v) is 3.14. The summed E-state index contributed by atoms with van der Waals surface area (Å²) in [6.07, 6.45) is 0. The molecule has 0 saturated heterocycles. The normalized spacial score (nSPS) is 10.0. The Morgan fingerprint density at radius 3 is 2.48 bits per heavy atom. The maximum atomic E-state index is 8.78. The largest absolute Gasteiger partial charge is 0.489 e. The molecule has 0 bridgehead atoms. The maximum Gasteiger partial charge on any atom is 0.124 e. The molecule has 114 valence electrons. The van der Waals surface area contributed by atoms with Crippen molar-refractivity contribution in [2.24, 2.45) is 0 Å². The van der Waals surface area contributed by atoms with E-state index in [0.29, 0.717) is 19.7 Å². The molecule has 2 aromatic carbocycles. The van der Waals surface area contributed by atoms with Crippen LogP contribution < -0.4 is 10.1 Å². The molecule has 0 saturated carbocycles. The lowest BCUT2D eigenvalue weighted by Crippen LogP contribution is -2.18. The van der Waals surface area contributed by atoms with Crippen molar-refractivity contribution in [3.05, 3.63) is 64.7 Å². The fraction of sp³-hybridized carbons (Fsp3) is 0.250. The van der Waals surface area contributed by atoms with E-state index < -0.39 is 0 Å². The number of rotatable bonds is 7. The molecule has 0 aliphatic rings. The van der Waals surface area contributed by atoms with Crippen molar-refractivity contribution in [2.45, 2.75) is 13.2 Å². The Hall–Kier alpha value is -1.26. The average molecular weight is 328 g/mol. The second-order valence-corrected chi connectivity index (χ2v) is 4.86. The van der Waals surface area contributed by atoms with Crippen molar-refractivity contribution in [2.75, 3.05) is 13.2 Å². The molecule has 2 N–H and O–H groups in total. The Balaban J connectivity index is 0.00000220. The Bertz CT molecular complexity index is 532. The van der Waals surface area contributed by atoms with Crippen LogP contribution in [0.2, 0.25) is 5.02 Å². The number of ether oxygens (including phenoxy) is 1. The lowest BCUT2D eigenvalue weighted by molar-refractivity contribution is 0.288. The van der Waals surface area contributed by atoms with Crippen molar-refractivity contribution in [3.8, 4) is 5.75 Å². The summed E-state index contributed by atoms with van der Waals surface area (Å²) in [6, 6.07) is 15.5. The SMILES string of the molecule is Cl.OCCNCc1ccccc1OCc1ccc(Cl)cc1. The van der Waals surface area contributed by atoms with E-state index in [2.05, 4.69) is 5.32 Å². The van der Waals surface area contributed by atoms with Gasteiger partial charge in [0.2, 0.25) is 0 Å². The fourth-order valence-corrected chi connectivity index (χ4v) is 1.96. The van der Waals surface area contributed by atoms with Crippen LogP contribution in [0.4, 0.5) is 0 Å². The summed E-state index contributed by atoms with van der Waals surface area (Å²) < 4.78 is 5.85. The Kier molecular flexibility index (Phi) is 8.16. The summed E-state index contributed by atoms with van der Waals surface area (Å²) in [4.78, 5) is 0. The van der Waals surface area contributed by atoms with E-state index in [-0.39, 0.29) is 19.0 Å². The van der Waals surface area contributed by atoms with Crippen LogP contribution in [-0.2, 0) is 13.2 Å². The molecule has 0 radical (unpaired) electrons. The lowest BCUT2D eigenvalue weighted by Gasteiger charge is -2.12. The predicted molar refractivity (Wildman–Crippen MR) is 88.3 cm³/mol. The van der Waals surface area contributed by atoms with Gasteiger partial charge in [-0.25, -0.2) is 0 Å². The molecule has 0 aliphatic heterocycles. The van der Waals surface area contributed by atoms with Crippen molar-refractivity contribution in [1.82, 2.24) is 5.32 Å². The minimum absolute atomic E-state index is 0. The number of aliphatic hydroxyl groups excluding tert-OH is 1. The molecule has 0 aromatic heterocycles. The van der Waals surface area contributed by atoms with E-state index in [1.54, 1.807) is 0 Å². The third kappa shape index (κ3) is 5.94. The van der Waals surface area contributed by atoms with Gasteiger partial charge < -0.3 is 15.2 Å². The number of nitrogens with one attached hydrogen (secondary N) is 1. The van der Waals surface area contributed by atoms with Crippen molar-refractivity contribution < 1.29 is 9.84 Å². The molecule has 21 heavy (non-hydrogen) atoms. The number of aliphatic hydroxyl groups is 1. The van der Waals surface area contributed by atoms with Gasteiger partial charge in [-0.1, -0.05) is 41.9 Å². The number of para-hydroxylation sites is 1. The topological polar surface area (TPSA) is 41.5 Å². The highest BCUT2D eigenvalue weighted by Crippen LogP contribution is 2.19. The van der Waals surface area contributed by atoms with Crippen LogP contribution in [0.3, 0.4) is 0 Å². The van der Waals surface area contributed by atoms with Gasteiger partial charge in [-0.2, -0.15) is 0 Å². The Morgan fingerprint density at radius 2 is 1.76 bits per heavy atom. The first-order chi connectivity index (χ1) is 9.79. The van der Waals surface area contributed by atoms with Crippen LogP contribution in [0.1, 0.15) is 11.1 Å². The molecule has 0 aliphatic carbocycles. The number of hydrogen-bond donors (Lipinski definition) is 2. The number of benzene rings is 2. The predicted octanol–water partition coefficient (Wildman–Crippen LogP) is 3.42. The second kappa shape index (κ2) is 9.64. The first kappa shape index (κ1) is 17.8. The molecule has 0 atom stereocenters. The first-order valence-electron chi connectivity index (χ1n) is 6.56. The molecule has 0 fully saturated rings. The molecule has 0 heterocycles.